The molecule has 0 aliphatic rings. The Morgan fingerprint density at radius 2 is 1.95 bits per heavy atom. The average molecular weight is 256 g/mol. The van der Waals surface area contributed by atoms with Gasteiger partial charge in [0.2, 0.25) is 0 Å². The summed E-state index contributed by atoms with van der Waals surface area (Å²) in [6, 6.07) is 7.36. The van der Waals surface area contributed by atoms with E-state index in [0.717, 1.165) is 17.5 Å². The summed E-state index contributed by atoms with van der Waals surface area (Å²) in [5.41, 5.74) is 7.94. The summed E-state index contributed by atoms with van der Waals surface area (Å²) >= 11 is 0. The Hall–Kier alpha value is -2.27. The van der Waals surface area contributed by atoms with E-state index in [1.54, 1.807) is 24.7 Å². The Bertz CT molecular complexity index is 525. The highest BCUT2D eigenvalue weighted by molar-refractivity contribution is 5.92. The maximum Gasteiger partial charge on any atom is 0.269 e. The molecule has 0 atom stereocenters. The van der Waals surface area contributed by atoms with Crippen molar-refractivity contribution in [2.24, 2.45) is 5.73 Å². The fourth-order valence-electron chi connectivity index (χ4n) is 1.64. The molecule has 0 bridgehead atoms. The molecule has 1 amide bonds. The molecular weight excluding hydrogens is 240 g/mol. The van der Waals surface area contributed by atoms with Gasteiger partial charge >= 0.3 is 0 Å². The summed E-state index contributed by atoms with van der Waals surface area (Å²) in [6.07, 6.45) is 5.88. The second-order valence-corrected chi connectivity index (χ2v) is 4.12. The molecule has 0 radical (unpaired) electrons. The summed E-state index contributed by atoms with van der Waals surface area (Å²) < 4.78 is 0. The quantitative estimate of drug-likeness (QED) is 0.833. The molecule has 0 spiro atoms. The van der Waals surface area contributed by atoms with Crippen LogP contribution in [0.3, 0.4) is 0 Å². The fraction of sp³-hybridized carbons (Fsp3) is 0.214. The van der Waals surface area contributed by atoms with Crippen LogP contribution in [0.1, 0.15) is 21.6 Å². The zero-order valence-corrected chi connectivity index (χ0v) is 10.5. The average Bonchev–Trinajstić information content (AvgIpc) is 2.48. The normalized spacial score (nSPS) is 10.2. The second-order valence-electron chi connectivity index (χ2n) is 4.12. The van der Waals surface area contributed by atoms with E-state index >= 15 is 0 Å². The zero-order valence-electron chi connectivity index (χ0n) is 10.5. The largest absolute Gasteiger partial charge is 0.350 e. The summed E-state index contributed by atoms with van der Waals surface area (Å²) in [4.78, 5) is 19.8. The fourth-order valence-corrected chi connectivity index (χ4v) is 1.64. The first kappa shape index (κ1) is 13.2. The third-order valence-electron chi connectivity index (χ3n) is 2.74. The van der Waals surface area contributed by atoms with Gasteiger partial charge in [0.05, 0.1) is 0 Å². The first-order chi connectivity index (χ1) is 9.29. The van der Waals surface area contributed by atoms with E-state index in [0.29, 0.717) is 18.8 Å². The Morgan fingerprint density at radius 3 is 2.58 bits per heavy atom. The van der Waals surface area contributed by atoms with Gasteiger partial charge in [-0.05, 0) is 35.7 Å². The van der Waals surface area contributed by atoms with E-state index in [-0.39, 0.29) is 5.91 Å². The third-order valence-corrected chi connectivity index (χ3v) is 2.74. The number of amides is 1. The number of carbonyl (C=O) groups excluding carboxylic acids is 1. The van der Waals surface area contributed by atoms with Gasteiger partial charge in [0.1, 0.15) is 5.69 Å². The molecule has 0 unspecified atom stereocenters. The molecule has 19 heavy (non-hydrogen) atoms. The van der Waals surface area contributed by atoms with Crippen LogP contribution >= 0.6 is 0 Å². The van der Waals surface area contributed by atoms with Gasteiger partial charge in [0, 0.05) is 31.7 Å². The molecule has 0 saturated carbocycles. The molecule has 0 aromatic carbocycles. The highest BCUT2D eigenvalue weighted by Gasteiger charge is 2.05. The molecule has 3 N–H and O–H groups in total. The van der Waals surface area contributed by atoms with Crippen molar-refractivity contribution in [3.63, 3.8) is 0 Å². The summed E-state index contributed by atoms with van der Waals surface area (Å²) in [5.74, 6) is -0.169. The highest BCUT2D eigenvalue weighted by Crippen LogP contribution is 2.00. The monoisotopic (exact) mass is 256 g/mol. The molecule has 2 aromatic heterocycles. The summed E-state index contributed by atoms with van der Waals surface area (Å²) in [6.45, 7) is 1.00. The maximum atomic E-state index is 11.8. The molecule has 0 aliphatic carbocycles. The van der Waals surface area contributed by atoms with Gasteiger partial charge in [-0.3, -0.25) is 14.8 Å². The Kier molecular flexibility index (Phi) is 4.58. The molecule has 2 aromatic rings. The van der Waals surface area contributed by atoms with Crippen molar-refractivity contribution in [1.29, 1.82) is 0 Å². The lowest BCUT2D eigenvalue weighted by atomic mass is 10.2. The van der Waals surface area contributed by atoms with Crippen molar-refractivity contribution < 1.29 is 4.79 Å². The number of pyridine rings is 2. The Labute approximate surface area is 111 Å². The molecule has 98 valence electrons. The Morgan fingerprint density at radius 1 is 1.16 bits per heavy atom. The number of hydrogen-bond acceptors (Lipinski definition) is 4. The molecule has 0 aliphatic heterocycles. The van der Waals surface area contributed by atoms with Crippen LogP contribution < -0.4 is 11.1 Å². The van der Waals surface area contributed by atoms with Gasteiger partial charge in [0.15, 0.2) is 0 Å². The van der Waals surface area contributed by atoms with Crippen molar-refractivity contribution in [2.45, 2.75) is 13.0 Å². The molecule has 2 heterocycles. The number of nitrogens with zero attached hydrogens (tertiary/aromatic N) is 2. The van der Waals surface area contributed by atoms with Crippen molar-refractivity contribution in [3.05, 3.63) is 59.7 Å². The molecule has 2 rings (SSSR count). The van der Waals surface area contributed by atoms with Crippen molar-refractivity contribution >= 4 is 5.91 Å². The predicted octanol–water partition coefficient (Wildman–Crippen LogP) is 0.908. The number of nitrogens with one attached hydrogen (secondary N) is 1. The number of hydrogen-bond donors (Lipinski definition) is 2. The van der Waals surface area contributed by atoms with E-state index in [1.165, 1.54) is 0 Å². The molecule has 0 saturated heterocycles. The SMILES string of the molecule is NCc1ccc(C(=O)NCCc2ccncc2)nc1. The Balaban J connectivity index is 1.84. The van der Waals surface area contributed by atoms with Crippen LogP contribution in [0.2, 0.25) is 0 Å². The van der Waals surface area contributed by atoms with E-state index in [9.17, 15) is 4.79 Å². The number of carbonyl (C=O) groups is 1. The van der Waals surface area contributed by atoms with E-state index in [1.807, 2.05) is 18.2 Å². The lowest BCUT2D eigenvalue weighted by Crippen LogP contribution is -2.26. The predicted molar refractivity (Wildman–Crippen MR) is 72.4 cm³/mol. The van der Waals surface area contributed by atoms with Crippen LogP contribution in [0.25, 0.3) is 0 Å². The molecular formula is C14H16N4O. The number of aromatic nitrogens is 2. The summed E-state index contributed by atoms with van der Waals surface area (Å²) in [5, 5.41) is 2.83. The molecule has 5 nitrogen and oxygen atoms in total. The lowest BCUT2D eigenvalue weighted by Gasteiger charge is -2.05. The van der Waals surface area contributed by atoms with Crippen LogP contribution in [-0.2, 0) is 13.0 Å². The first-order valence-corrected chi connectivity index (χ1v) is 6.11. The van der Waals surface area contributed by atoms with E-state index in [4.69, 9.17) is 5.73 Å². The topological polar surface area (TPSA) is 80.9 Å². The molecule has 0 fully saturated rings. The second kappa shape index (κ2) is 6.61. The van der Waals surface area contributed by atoms with Crippen molar-refractivity contribution in [1.82, 2.24) is 15.3 Å². The van der Waals surface area contributed by atoms with Crippen LogP contribution in [0, 0.1) is 0 Å². The number of rotatable bonds is 5. The smallest absolute Gasteiger partial charge is 0.269 e. The zero-order chi connectivity index (χ0) is 13.5. The van der Waals surface area contributed by atoms with Crippen LogP contribution in [0.5, 0.6) is 0 Å². The van der Waals surface area contributed by atoms with Crippen molar-refractivity contribution in [3.8, 4) is 0 Å². The van der Waals surface area contributed by atoms with Gasteiger partial charge in [-0.15, -0.1) is 0 Å². The first-order valence-electron chi connectivity index (χ1n) is 6.11. The van der Waals surface area contributed by atoms with E-state index < -0.39 is 0 Å². The van der Waals surface area contributed by atoms with Gasteiger partial charge in [-0.1, -0.05) is 6.07 Å². The van der Waals surface area contributed by atoms with Gasteiger partial charge in [0.25, 0.3) is 5.91 Å². The lowest BCUT2D eigenvalue weighted by molar-refractivity contribution is 0.0949. The minimum absolute atomic E-state index is 0.169. The minimum Gasteiger partial charge on any atom is -0.350 e. The third kappa shape index (κ3) is 3.86. The van der Waals surface area contributed by atoms with Crippen molar-refractivity contribution in [2.75, 3.05) is 6.54 Å². The summed E-state index contributed by atoms with van der Waals surface area (Å²) in [7, 11) is 0. The van der Waals surface area contributed by atoms with Gasteiger partial charge in [-0.25, -0.2) is 0 Å². The molecule has 5 heteroatoms. The number of nitrogens with two attached hydrogens (primary N) is 1. The van der Waals surface area contributed by atoms with Gasteiger partial charge in [-0.2, -0.15) is 0 Å². The maximum absolute atomic E-state index is 11.8. The van der Waals surface area contributed by atoms with Crippen LogP contribution in [0.15, 0.2) is 42.9 Å². The highest BCUT2D eigenvalue weighted by atomic mass is 16.1. The standard InChI is InChI=1S/C14H16N4O/c15-9-12-1-2-13(18-10-12)14(19)17-8-5-11-3-6-16-7-4-11/h1-4,6-7,10H,5,8-9,15H2,(H,17,19). The van der Waals surface area contributed by atoms with Gasteiger partial charge < -0.3 is 11.1 Å². The minimum atomic E-state index is -0.169. The van der Waals surface area contributed by atoms with Crippen LogP contribution in [-0.4, -0.2) is 22.4 Å². The van der Waals surface area contributed by atoms with E-state index in [2.05, 4.69) is 15.3 Å². The van der Waals surface area contributed by atoms with Crippen LogP contribution in [0.4, 0.5) is 0 Å².